The summed E-state index contributed by atoms with van der Waals surface area (Å²) >= 11 is 1.34. The monoisotopic (exact) mass is 472 g/mol. The molecule has 1 fully saturated rings. The largest absolute Gasteiger partial charge is 0.454 e. The van der Waals surface area contributed by atoms with Gasteiger partial charge in [-0.05, 0) is 37.5 Å². The average Bonchev–Trinajstić information content (AvgIpc) is 3.54. The van der Waals surface area contributed by atoms with E-state index in [0.29, 0.717) is 16.6 Å². The molecule has 2 N–H and O–H groups in total. The number of thiazole rings is 1. The van der Waals surface area contributed by atoms with Gasteiger partial charge in [-0.25, -0.2) is 4.98 Å². The number of carbonyl (C=O) groups excluding carboxylic acids is 3. The molecule has 1 aromatic heterocycles. The number of aryl methyl sites for hydroxylation is 1. The van der Waals surface area contributed by atoms with Crippen molar-refractivity contribution in [3.8, 4) is 11.5 Å². The minimum absolute atomic E-state index is 0.00253. The van der Waals surface area contributed by atoms with E-state index in [2.05, 4.69) is 15.6 Å². The van der Waals surface area contributed by atoms with E-state index in [9.17, 15) is 14.4 Å². The smallest absolute Gasteiger partial charge is 0.239 e. The summed E-state index contributed by atoms with van der Waals surface area (Å²) in [5.41, 5.74) is 1.65. The van der Waals surface area contributed by atoms with Crippen molar-refractivity contribution in [1.82, 2.24) is 15.2 Å². The summed E-state index contributed by atoms with van der Waals surface area (Å²) in [5, 5.41) is 8.10. The summed E-state index contributed by atoms with van der Waals surface area (Å²) in [6.45, 7) is 2.19. The first-order chi connectivity index (χ1) is 16.0. The van der Waals surface area contributed by atoms with Crippen LogP contribution >= 0.6 is 11.3 Å². The first-order valence-corrected chi connectivity index (χ1v) is 12.0. The van der Waals surface area contributed by atoms with Gasteiger partial charge in [-0.2, -0.15) is 0 Å². The molecule has 10 heteroatoms. The predicted octanol–water partition coefficient (Wildman–Crippen LogP) is 2.99. The lowest BCUT2D eigenvalue weighted by Gasteiger charge is -2.23. The third-order valence-electron chi connectivity index (χ3n) is 5.65. The van der Waals surface area contributed by atoms with E-state index in [1.54, 1.807) is 6.07 Å². The average molecular weight is 473 g/mol. The third kappa shape index (κ3) is 6.44. The fourth-order valence-corrected chi connectivity index (χ4v) is 4.68. The van der Waals surface area contributed by atoms with Gasteiger partial charge in [0.25, 0.3) is 0 Å². The van der Waals surface area contributed by atoms with Crippen LogP contribution in [0, 0.1) is 6.92 Å². The molecule has 1 aliphatic heterocycles. The summed E-state index contributed by atoms with van der Waals surface area (Å²) in [6.07, 6.45) is 4.17. The molecule has 0 saturated heterocycles. The van der Waals surface area contributed by atoms with E-state index in [0.717, 1.165) is 36.9 Å². The van der Waals surface area contributed by atoms with Crippen LogP contribution in [0.4, 0.5) is 5.13 Å². The molecule has 2 heterocycles. The molecule has 0 radical (unpaired) electrons. The maximum absolute atomic E-state index is 13.0. The number of nitrogens with one attached hydrogen (secondary N) is 2. The van der Waals surface area contributed by atoms with Crippen LogP contribution < -0.4 is 20.1 Å². The molecule has 2 aromatic rings. The lowest BCUT2D eigenvalue weighted by atomic mass is 10.1. The van der Waals surface area contributed by atoms with Gasteiger partial charge in [-0.3, -0.25) is 14.4 Å². The van der Waals surface area contributed by atoms with Gasteiger partial charge >= 0.3 is 0 Å². The van der Waals surface area contributed by atoms with Crippen molar-refractivity contribution >= 4 is 34.2 Å². The van der Waals surface area contributed by atoms with Crippen molar-refractivity contribution in [2.45, 2.75) is 58.0 Å². The molecule has 33 heavy (non-hydrogen) atoms. The van der Waals surface area contributed by atoms with Crippen LogP contribution in [0.25, 0.3) is 0 Å². The number of amides is 3. The molecular weight excluding hydrogens is 444 g/mol. The molecule has 3 amide bonds. The minimum atomic E-state index is -0.281. The van der Waals surface area contributed by atoms with Gasteiger partial charge in [0.2, 0.25) is 24.5 Å². The first kappa shape index (κ1) is 23.0. The maximum atomic E-state index is 13.0. The molecule has 176 valence electrons. The van der Waals surface area contributed by atoms with Crippen LogP contribution in [0.1, 0.15) is 49.8 Å². The van der Waals surface area contributed by atoms with E-state index in [4.69, 9.17) is 9.47 Å². The zero-order valence-electron chi connectivity index (χ0n) is 18.6. The zero-order valence-corrected chi connectivity index (χ0v) is 19.4. The van der Waals surface area contributed by atoms with E-state index >= 15 is 0 Å². The molecule has 0 unspecified atom stereocenters. The Morgan fingerprint density at radius 3 is 2.67 bits per heavy atom. The third-order valence-corrected chi connectivity index (χ3v) is 6.52. The van der Waals surface area contributed by atoms with Crippen molar-refractivity contribution < 1.29 is 23.9 Å². The van der Waals surface area contributed by atoms with Crippen molar-refractivity contribution in [2.75, 3.05) is 18.7 Å². The number of aromatic nitrogens is 1. The number of hydrogen-bond donors (Lipinski definition) is 2. The van der Waals surface area contributed by atoms with Crippen LogP contribution in [0.15, 0.2) is 23.6 Å². The minimum Gasteiger partial charge on any atom is -0.454 e. The second kappa shape index (κ2) is 10.7. The van der Waals surface area contributed by atoms with Gasteiger partial charge in [0.05, 0.1) is 12.2 Å². The lowest BCUT2D eigenvalue weighted by molar-refractivity contribution is -0.137. The Morgan fingerprint density at radius 1 is 1.12 bits per heavy atom. The number of fused-ring (bicyclic) bond motifs is 1. The second-order valence-corrected chi connectivity index (χ2v) is 9.19. The predicted molar refractivity (Wildman–Crippen MR) is 123 cm³/mol. The van der Waals surface area contributed by atoms with Gasteiger partial charge in [0.1, 0.15) is 0 Å². The summed E-state index contributed by atoms with van der Waals surface area (Å²) in [5.74, 6) is 0.549. The Hall–Kier alpha value is -3.14. The standard InChI is InChI=1S/C23H28N4O5S/c1-15-13-33-23(24-15)26-20(28)8-9-22(30)27(12-21(29)25-17-4-2-3-5-17)11-16-6-7-18-19(10-16)32-14-31-18/h6-7,10,13,17H,2-5,8-9,11-12,14H2,1H3,(H,25,29)(H,24,26,28). The number of anilines is 1. The van der Waals surface area contributed by atoms with Crippen LogP contribution in [0.3, 0.4) is 0 Å². The van der Waals surface area contributed by atoms with Gasteiger partial charge in [-0.1, -0.05) is 18.9 Å². The number of benzene rings is 1. The fourth-order valence-electron chi connectivity index (χ4n) is 3.98. The van der Waals surface area contributed by atoms with Gasteiger partial charge in [-0.15, -0.1) is 11.3 Å². The number of hydrogen-bond acceptors (Lipinski definition) is 7. The summed E-state index contributed by atoms with van der Waals surface area (Å²) in [7, 11) is 0. The Bertz CT molecular complexity index is 1020. The van der Waals surface area contributed by atoms with Crippen molar-refractivity contribution in [1.29, 1.82) is 0 Å². The highest BCUT2D eigenvalue weighted by molar-refractivity contribution is 7.13. The van der Waals surface area contributed by atoms with Crippen molar-refractivity contribution in [3.63, 3.8) is 0 Å². The van der Waals surface area contributed by atoms with Gasteiger partial charge in [0, 0.05) is 30.8 Å². The highest BCUT2D eigenvalue weighted by atomic mass is 32.1. The number of ether oxygens (including phenoxy) is 2. The second-order valence-electron chi connectivity index (χ2n) is 8.33. The molecule has 1 aromatic carbocycles. The van der Waals surface area contributed by atoms with E-state index in [1.165, 1.54) is 16.2 Å². The van der Waals surface area contributed by atoms with Crippen molar-refractivity contribution in [3.05, 3.63) is 34.8 Å². The van der Waals surface area contributed by atoms with E-state index in [-0.39, 0.29) is 56.5 Å². The topological polar surface area (TPSA) is 110 Å². The molecular formula is C23H28N4O5S. The Labute approximate surface area is 196 Å². The Balaban J connectivity index is 1.37. The van der Waals surface area contributed by atoms with Crippen LogP contribution in [0.5, 0.6) is 11.5 Å². The SMILES string of the molecule is Cc1csc(NC(=O)CCC(=O)N(CC(=O)NC2CCCC2)Cc2ccc3c(c2)OCO3)n1. The Morgan fingerprint density at radius 2 is 1.91 bits per heavy atom. The summed E-state index contributed by atoms with van der Waals surface area (Å²) in [4.78, 5) is 43.6. The number of nitrogens with zero attached hydrogens (tertiary/aromatic N) is 2. The normalized spacial score (nSPS) is 14.8. The van der Waals surface area contributed by atoms with Crippen molar-refractivity contribution in [2.24, 2.45) is 0 Å². The number of rotatable bonds is 9. The van der Waals surface area contributed by atoms with Crippen LogP contribution in [-0.2, 0) is 20.9 Å². The summed E-state index contributed by atoms with van der Waals surface area (Å²) < 4.78 is 10.8. The highest BCUT2D eigenvalue weighted by Crippen LogP contribution is 2.33. The maximum Gasteiger partial charge on any atom is 0.239 e. The van der Waals surface area contributed by atoms with Gasteiger partial charge in [0.15, 0.2) is 16.6 Å². The quantitative estimate of drug-likeness (QED) is 0.581. The molecule has 0 atom stereocenters. The molecule has 4 rings (SSSR count). The molecule has 1 aliphatic carbocycles. The van der Waals surface area contributed by atoms with E-state index in [1.807, 2.05) is 24.4 Å². The zero-order chi connectivity index (χ0) is 23.2. The molecule has 0 bridgehead atoms. The molecule has 2 aliphatic rings. The lowest BCUT2D eigenvalue weighted by Crippen LogP contribution is -2.43. The van der Waals surface area contributed by atoms with Crippen LogP contribution in [-0.4, -0.2) is 47.0 Å². The fraction of sp³-hybridized carbons (Fsp3) is 0.478. The molecule has 0 spiro atoms. The summed E-state index contributed by atoms with van der Waals surface area (Å²) in [6, 6.07) is 5.63. The van der Waals surface area contributed by atoms with E-state index < -0.39 is 0 Å². The first-order valence-electron chi connectivity index (χ1n) is 11.1. The molecule has 9 nitrogen and oxygen atoms in total. The number of carbonyl (C=O) groups is 3. The highest BCUT2D eigenvalue weighted by Gasteiger charge is 2.23. The van der Waals surface area contributed by atoms with Gasteiger partial charge < -0.3 is 25.0 Å². The van der Waals surface area contributed by atoms with Crippen LogP contribution in [0.2, 0.25) is 0 Å². The molecule has 1 saturated carbocycles. The Kier molecular flexibility index (Phi) is 7.43.